The van der Waals surface area contributed by atoms with Crippen molar-refractivity contribution in [1.29, 1.82) is 0 Å². The quantitative estimate of drug-likeness (QED) is 0.708. The Kier molecular flexibility index (Phi) is 5.25. The van der Waals surface area contributed by atoms with Gasteiger partial charge >= 0.3 is 89.6 Å². The molecule has 0 bridgehead atoms. The van der Waals surface area contributed by atoms with Crippen LogP contribution in [-0.2, 0) is 0 Å². The van der Waals surface area contributed by atoms with Gasteiger partial charge in [0.05, 0.1) is 0 Å². The molecule has 0 spiro atoms. The van der Waals surface area contributed by atoms with Crippen molar-refractivity contribution < 1.29 is 0 Å². The zero-order valence-electron chi connectivity index (χ0n) is 9.27. The molecule has 2 heteroatoms. The van der Waals surface area contributed by atoms with E-state index in [0.717, 1.165) is 0 Å². The predicted octanol–water partition coefficient (Wildman–Crippen LogP) is 1.54. The van der Waals surface area contributed by atoms with Gasteiger partial charge in [-0.3, -0.25) is 0 Å². The largest absolute Gasteiger partial charge is 0 e. The summed E-state index contributed by atoms with van der Waals surface area (Å²) in [4.78, 5) is 0. The monoisotopic (exact) mass is 250 g/mol. The van der Waals surface area contributed by atoms with E-state index < -0.39 is 14.3 Å². The third-order valence-electron chi connectivity index (χ3n) is 2.41. The number of benzene rings is 2. The first kappa shape index (κ1) is 12.6. The molecule has 0 atom stereocenters. The normalized spacial score (nSPS) is 9.73. The Morgan fingerprint density at radius 2 is 1.00 bits per heavy atom. The zero-order chi connectivity index (χ0) is 9.80. The first-order valence-electron chi connectivity index (χ1n) is 4.82. The Balaban J connectivity index is 0.00000112. The summed E-state index contributed by atoms with van der Waals surface area (Å²) in [5.74, 6) is 2.41. The van der Waals surface area contributed by atoms with E-state index >= 15 is 0 Å². The third-order valence-corrected chi connectivity index (χ3v) is 7.45. The Hall–Kier alpha value is -0.420. The Morgan fingerprint density at radius 1 is 0.667 bits per heavy atom. The van der Waals surface area contributed by atoms with Crippen LogP contribution in [0.5, 0.6) is 0 Å². The van der Waals surface area contributed by atoms with Crippen molar-refractivity contribution in [3.63, 3.8) is 0 Å². The summed E-state index contributed by atoms with van der Waals surface area (Å²) in [5.41, 5.74) is 0. The van der Waals surface area contributed by atoms with E-state index in [4.69, 9.17) is 0 Å². The Morgan fingerprint density at radius 3 is 1.33 bits per heavy atom. The zero-order valence-corrected chi connectivity index (χ0v) is 11.4. The molecule has 0 aliphatic rings. The molecule has 0 heterocycles. The maximum atomic E-state index is 2.41. The summed E-state index contributed by atoms with van der Waals surface area (Å²) in [6.07, 6.45) is 0. The summed E-state index contributed by atoms with van der Waals surface area (Å²) in [7, 11) is 0. The van der Waals surface area contributed by atoms with Gasteiger partial charge in [-0.2, -0.15) is 0 Å². The summed E-state index contributed by atoms with van der Waals surface area (Å²) >= 11 is -1.20. The van der Waals surface area contributed by atoms with Gasteiger partial charge in [-0.25, -0.2) is 0 Å². The SMILES string of the molecule is [CH3][Ge]([c]1ccccc1)[c]1ccccc1.[Li]. The fourth-order valence-corrected chi connectivity index (χ4v) is 5.15. The van der Waals surface area contributed by atoms with Crippen LogP contribution in [0.4, 0.5) is 0 Å². The molecule has 15 heavy (non-hydrogen) atoms. The van der Waals surface area contributed by atoms with Gasteiger partial charge in [0.15, 0.2) is 0 Å². The van der Waals surface area contributed by atoms with Gasteiger partial charge in [0, 0.05) is 18.9 Å². The van der Waals surface area contributed by atoms with Crippen molar-refractivity contribution in [2.24, 2.45) is 0 Å². The number of hydrogen-bond donors (Lipinski definition) is 0. The Labute approximate surface area is 108 Å². The average Bonchev–Trinajstić information content (AvgIpc) is 2.30. The van der Waals surface area contributed by atoms with Crippen LogP contribution < -0.4 is 8.79 Å². The smallest absolute Gasteiger partial charge is 0 e. The maximum absolute atomic E-state index is 2.41. The van der Waals surface area contributed by atoms with E-state index in [1.165, 1.54) is 0 Å². The van der Waals surface area contributed by atoms with Gasteiger partial charge < -0.3 is 0 Å². The second-order valence-electron chi connectivity index (χ2n) is 3.36. The van der Waals surface area contributed by atoms with E-state index in [0.29, 0.717) is 0 Å². The molecule has 2 aromatic carbocycles. The molecule has 0 fully saturated rings. The van der Waals surface area contributed by atoms with Crippen LogP contribution in [0.15, 0.2) is 60.7 Å². The molecule has 0 saturated carbocycles. The molecule has 0 amide bonds. The van der Waals surface area contributed by atoms with Crippen molar-refractivity contribution in [3.05, 3.63) is 60.7 Å². The first-order chi connectivity index (χ1) is 6.88. The molecule has 0 saturated heterocycles. The standard InChI is InChI=1S/C13H13Ge.Li/c1-14(12-8-4-2-5-9-12)13-10-6-3-7-11-13;/h2-11H,1H3;. The number of rotatable bonds is 2. The van der Waals surface area contributed by atoms with Gasteiger partial charge in [-0.1, -0.05) is 0 Å². The summed E-state index contributed by atoms with van der Waals surface area (Å²) in [5, 5.41) is 0. The minimum atomic E-state index is -1.20. The van der Waals surface area contributed by atoms with Crippen molar-refractivity contribution >= 4 is 42.0 Å². The fourth-order valence-electron chi connectivity index (χ4n) is 1.54. The van der Waals surface area contributed by atoms with Crippen LogP contribution in [0.3, 0.4) is 0 Å². The van der Waals surface area contributed by atoms with Gasteiger partial charge in [0.2, 0.25) is 0 Å². The summed E-state index contributed by atoms with van der Waals surface area (Å²) < 4.78 is 3.08. The molecule has 0 aliphatic heterocycles. The van der Waals surface area contributed by atoms with Crippen molar-refractivity contribution in [1.82, 2.24) is 0 Å². The third kappa shape index (κ3) is 3.28. The molecule has 0 unspecified atom stereocenters. The van der Waals surface area contributed by atoms with Crippen LogP contribution in [-0.4, -0.2) is 33.2 Å². The predicted molar refractivity (Wildman–Crippen MR) is 69.5 cm³/mol. The molecule has 0 nitrogen and oxygen atoms in total. The van der Waals surface area contributed by atoms with Gasteiger partial charge in [-0.15, -0.1) is 0 Å². The van der Waals surface area contributed by atoms with Crippen molar-refractivity contribution in [2.75, 3.05) is 0 Å². The molecule has 2 aromatic rings. The van der Waals surface area contributed by atoms with Crippen LogP contribution in [0.2, 0.25) is 5.76 Å². The van der Waals surface area contributed by atoms with Gasteiger partial charge in [0.1, 0.15) is 0 Å². The minimum Gasteiger partial charge on any atom is 0 e. The topological polar surface area (TPSA) is 0 Å². The second-order valence-corrected chi connectivity index (χ2v) is 8.40. The van der Waals surface area contributed by atoms with Gasteiger partial charge in [-0.05, 0) is 0 Å². The van der Waals surface area contributed by atoms with E-state index in [-0.39, 0.29) is 18.9 Å². The van der Waals surface area contributed by atoms with E-state index in [1.54, 1.807) is 8.79 Å². The van der Waals surface area contributed by atoms with E-state index in [2.05, 4.69) is 66.4 Å². The fraction of sp³-hybridized carbons (Fsp3) is 0.0769. The van der Waals surface area contributed by atoms with Crippen molar-refractivity contribution in [3.8, 4) is 0 Å². The van der Waals surface area contributed by atoms with Crippen molar-refractivity contribution in [2.45, 2.75) is 5.76 Å². The molecule has 2 rings (SSSR count). The van der Waals surface area contributed by atoms with Crippen LogP contribution >= 0.6 is 0 Å². The van der Waals surface area contributed by atoms with Crippen LogP contribution in [0.1, 0.15) is 0 Å². The molecule has 0 aliphatic carbocycles. The second kappa shape index (κ2) is 6.23. The molecule has 0 aromatic heterocycles. The van der Waals surface area contributed by atoms with E-state index in [1.807, 2.05) is 0 Å². The van der Waals surface area contributed by atoms with Crippen LogP contribution in [0.25, 0.3) is 0 Å². The summed E-state index contributed by atoms with van der Waals surface area (Å²) in [6, 6.07) is 21.7. The molecular weight excluding hydrogens is 236 g/mol. The van der Waals surface area contributed by atoms with E-state index in [9.17, 15) is 0 Å². The van der Waals surface area contributed by atoms with Gasteiger partial charge in [0.25, 0.3) is 0 Å². The molecule has 70 valence electrons. The summed E-state index contributed by atoms with van der Waals surface area (Å²) in [6.45, 7) is 0. The molecular formula is C13H13GeLi. The average molecular weight is 249 g/mol. The molecule has 2 radical (unpaired) electrons. The minimum absolute atomic E-state index is 0. The Bertz CT molecular complexity index is 346. The van der Waals surface area contributed by atoms with Crippen LogP contribution in [0, 0.1) is 0 Å². The number of hydrogen-bond acceptors (Lipinski definition) is 0. The first-order valence-corrected chi connectivity index (χ1v) is 9.02. The maximum Gasteiger partial charge on any atom is 0 e. The molecule has 0 N–H and O–H groups in total.